The van der Waals surface area contributed by atoms with Gasteiger partial charge in [-0.25, -0.2) is 5.84 Å². The van der Waals surface area contributed by atoms with Crippen LogP contribution in [0.4, 0.5) is 5.69 Å². The first-order valence-corrected chi connectivity index (χ1v) is 6.62. The molecule has 0 spiro atoms. The highest BCUT2D eigenvalue weighted by Gasteiger charge is 2.35. The van der Waals surface area contributed by atoms with Gasteiger partial charge in [0.2, 0.25) is 0 Å². The summed E-state index contributed by atoms with van der Waals surface area (Å²) in [4.78, 5) is 16.3. The number of carbonyl (C=O) groups is 1. The van der Waals surface area contributed by atoms with Crippen LogP contribution < -0.4 is 16.2 Å². The van der Waals surface area contributed by atoms with Crippen molar-refractivity contribution in [3.8, 4) is 0 Å². The second kappa shape index (κ2) is 5.59. The minimum Gasteiger partial charge on any atom is -0.369 e. The molecule has 1 amide bonds. The molecule has 0 atom stereocenters. The van der Waals surface area contributed by atoms with Gasteiger partial charge in [-0.3, -0.25) is 15.1 Å². The third kappa shape index (κ3) is 2.88. The van der Waals surface area contributed by atoms with Crippen LogP contribution in [0, 0.1) is 0 Å². The van der Waals surface area contributed by atoms with Gasteiger partial charge >= 0.3 is 0 Å². The molecule has 0 saturated carbocycles. The number of nitrogens with two attached hydrogens (primary N) is 1. The Hall–Kier alpha value is -1.59. The number of nitrogens with zero attached hydrogens (tertiary/aromatic N) is 2. The molecule has 1 saturated heterocycles. The van der Waals surface area contributed by atoms with Gasteiger partial charge in [-0.1, -0.05) is 18.2 Å². The highest BCUT2D eigenvalue weighted by molar-refractivity contribution is 5.84. The lowest BCUT2D eigenvalue weighted by Gasteiger charge is -2.43. The van der Waals surface area contributed by atoms with Crippen molar-refractivity contribution in [2.75, 3.05) is 31.1 Å². The summed E-state index contributed by atoms with van der Waals surface area (Å²) >= 11 is 0. The van der Waals surface area contributed by atoms with Gasteiger partial charge in [-0.2, -0.15) is 0 Å². The van der Waals surface area contributed by atoms with Gasteiger partial charge in [-0.05, 0) is 26.0 Å². The number of nitrogens with one attached hydrogen (secondary N) is 1. The fourth-order valence-corrected chi connectivity index (χ4v) is 2.48. The predicted molar refractivity (Wildman–Crippen MR) is 76.6 cm³/mol. The Morgan fingerprint density at radius 2 is 1.74 bits per heavy atom. The molecule has 19 heavy (non-hydrogen) atoms. The van der Waals surface area contributed by atoms with Crippen LogP contribution in [-0.4, -0.2) is 42.5 Å². The molecule has 1 fully saturated rings. The number of benzene rings is 1. The smallest absolute Gasteiger partial charge is 0.253 e. The predicted octanol–water partition coefficient (Wildman–Crippen LogP) is 0.577. The van der Waals surface area contributed by atoms with Crippen LogP contribution >= 0.6 is 0 Å². The number of hydrogen-bond acceptors (Lipinski definition) is 4. The van der Waals surface area contributed by atoms with Gasteiger partial charge in [0.15, 0.2) is 0 Å². The largest absolute Gasteiger partial charge is 0.369 e. The van der Waals surface area contributed by atoms with E-state index in [9.17, 15) is 4.79 Å². The quantitative estimate of drug-likeness (QED) is 0.475. The molecule has 1 aliphatic heterocycles. The van der Waals surface area contributed by atoms with Crippen molar-refractivity contribution in [3.63, 3.8) is 0 Å². The molecule has 0 aliphatic carbocycles. The Morgan fingerprint density at radius 3 is 2.26 bits per heavy atom. The number of carbonyl (C=O) groups excluding carboxylic acids is 1. The van der Waals surface area contributed by atoms with Gasteiger partial charge in [0.05, 0.1) is 5.54 Å². The zero-order chi connectivity index (χ0) is 13.9. The first kappa shape index (κ1) is 13.8. The molecule has 0 bridgehead atoms. The average Bonchev–Trinajstić information content (AvgIpc) is 2.47. The summed E-state index contributed by atoms with van der Waals surface area (Å²) in [5.41, 5.74) is 2.93. The number of para-hydroxylation sites is 1. The van der Waals surface area contributed by atoms with Crippen LogP contribution in [0.25, 0.3) is 0 Å². The first-order chi connectivity index (χ1) is 9.05. The van der Waals surface area contributed by atoms with Crippen molar-refractivity contribution in [3.05, 3.63) is 30.3 Å². The summed E-state index contributed by atoms with van der Waals surface area (Å²) < 4.78 is 0. The number of anilines is 1. The van der Waals surface area contributed by atoms with Crippen LogP contribution in [0.2, 0.25) is 0 Å². The minimum atomic E-state index is -0.558. The highest BCUT2D eigenvalue weighted by atomic mass is 16.2. The van der Waals surface area contributed by atoms with E-state index in [4.69, 9.17) is 5.84 Å². The standard InChI is InChI=1S/C14H22N4O/c1-14(2,13(19)16-15)18-10-8-17(9-11-18)12-6-4-3-5-7-12/h3-7H,8-11,15H2,1-2H3,(H,16,19). The maximum absolute atomic E-state index is 11.8. The number of piperazine rings is 1. The molecule has 0 unspecified atom stereocenters. The molecule has 1 heterocycles. The van der Waals surface area contributed by atoms with Crippen molar-refractivity contribution in [2.45, 2.75) is 19.4 Å². The maximum Gasteiger partial charge on any atom is 0.253 e. The number of hydrazine groups is 1. The molecule has 1 aliphatic rings. The van der Waals surface area contributed by atoms with Gasteiger partial charge in [-0.15, -0.1) is 0 Å². The SMILES string of the molecule is CC(C)(C(=O)NN)N1CCN(c2ccccc2)CC1. The highest BCUT2D eigenvalue weighted by Crippen LogP contribution is 2.20. The van der Waals surface area contributed by atoms with E-state index >= 15 is 0 Å². The van der Waals surface area contributed by atoms with E-state index < -0.39 is 5.54 Å². The summed E-state index contributed by atoms with van der Waals surface area (Å²) in [6, 6.07) is 10.4. The Bertz CT molecular complexity index is 424. The third-order valence-electron chi connectivity index (χ3n) is 3.88. The van der Waals surface area contributed by atoms with Crippen molar-refractivity contribution >= 4 is 11.6 Å². The molecular formula is C14H22N4O. The number of hydrogen-bond donors (Lipinski definition) is 2. The van der Waals surface area contributed by atoms with Crippen molar-refractivity contribution in [1.82, 2.24) is 10.3 Å². The molecule has 2 rings (SSSR count). The molecular weight excluding hydrogens is 240 g/mol. The molecule has 5 nitrogen and oxygen atoms in total. The Balaban J connectivity index is 1.98. The van der Waals surface area contributed by atoms with Crippen LogP contribution in [0.5, 0.6) is 0 Å². The summed E-state index contributed by atoms with van der Waals surface area (Å²) in [6.45, 7) is 7.38. The summed E-state index contributed by atoms with van der Waals surface area (Å²) in [5, 5.41) is 0. The minimum absolute atomic E-state index is 0.138. The Morgan fingerprint density at radius 1 is 1.16 bits per heavy atom. The summed E-state index contributed by atoms with van der Waals surface area (Å²) in [6.07, 6.45) is 0. The molecule has 3 N–H and O–H groups in total. The normalized spacial score (nSPS) is 17.3. The zero-order valence-electron chi connectivity index (χ0n) is 11.6. The van der Waals surface area contributed by atoms with E-state index in [1.165, 1.54) is 5.69 Å². The van der Waals surface area contributed by atoms with Crippen LogP contribution in [-0.2, 0) is 4.79 Å². The molecule has 104 valence electrons. The average molecular weight is 262 g/mol. The Labute approximate surface area is 114 Å². The summed E-state index contributed by atoms with van der Waals surface area (Å²) in [5.74, 6) is 5.11. The van der Waals surface area contributed by atoms with Gasteiger partial charge in [0.1, 0.15) is 0 Å². The molecule has 1 aromatic rings. The molecule has 5 heteroatoms. The van der Waals surface area contributed by atoms with Gasteiger partial charge < -0.3 is 4.90 Å². The lowest BCUT2D eigenvalue weighted by molar-refractivity contribution is -0.132. The molecule has 0 radical (unpaired) electrons. The van der Waals surface area contributed by atoms with E-state index in [-0.39, 0.29) is 5.91 Å². The van der Waals surface area contributed by atoms with Gasteiger partial charge in [0, 0.05) is 31.9 Å². The van der Waals surface area contributed by atoms with Crippen LogP contribution in [0.1, 0.15) is 13.8 Å². The van der Waals surface area contributed by atoms with Gasteiger partial charge in [0.25, 0.3) is 5.91 Å². The second-order valence-corrected chi connectivity index (χ2v) is 5.34. The second-order valence-electron chi connectivity index (χ2n) is 5.34. The van der Waals surface area contributed by atoms with Crippen LogP contribution in [0.3, 0.4) is 0 Å². The fraction of sp³-hybridized carbons (Fsp3) is 0.500. The monoisotopic (exact) mass is 262 g/mol. The van der Waals surface area contributed by atoms with Crippen molar-refractivity contribution in [2.24, 2.45) is 5.84 Å². The van der Waals surface area contributed by atoms with Crippen molar-refractivity contribution < 1.29 is 4.79 Å². The van der Waals surface area contributed by atoms with E-state index in [0.29, 0.717) is 0 Å². The van der Waals surface area contributed by atoms with Crippen molar-refractivity contribution in [1.29, 1.82) is 0 Å². The zero-order valence-corrected chi connectivity index (χ0v) is 11.6. The number of rotatable bonds is 3. The topological polar surface area (TPSA) is 61.6 Å². The third-order valence-corrected chi connectivity index (χ3v) is 3.88. The Kier molecular flexibility index (Phi) is 4.07. The van der Waals surface area contributed by atoms with E-state index in [1.54, 1.807) is 0 Å². The first-order valence-electron chi connectivity index (χ1n) is 6.62. The lowest BCUT2D eigenvalue weighted by Crippen LogP contribution is -2.61. The van der Waals surface area contributed by atoms with E-state index in [2.05, 4.69) is 27.4 Å². The number of amides is 1. The van der Waals surface area contributed by atoms with E-state index in [0.717, 1.165) is 26.2 Å². The lowest BCUT2D eigenvalue weighted by atomic mass is 10.0. The van der Waals surface area contributed by atoms with Crippen LogP contribution in [0.15, 0.2) is 30.3 Å². The maximum atomic E-state index is 11.8. The molecule has 1 aromatic carbocycles. The van der Waals surface area contributed by atoms with E-state index in [1.807, 2.05) is 32.0 Å². The fourth-order valence-electron chi connectivity index (χ4n) is 2.48. The summed E-state index contributed by atoms with van der Waals surface area (Å²) in [7, 11) is 0. The molecule has 0 aromatic heterocycles.